The minimum atomic E-state index is -4.42. The molecule has 1 aromatic heterocycles. The number of halogens is 2. The van der Waals surface area contributed by atoms with Crippen LogP contribution in [0.15, 0.2) is 18.3 Å². The van der Waals surface area contributed by atoms with Gasteiger partial charge in [-0.15, -0.1) is 0 Å². The molecule has 0 aliphatic heterocycles. The number of carbonyl (C=O) groups is 2. The molecule has 0 spiro atoms. The number of nitrogens with zero attached hydrogens (tertiary/aromatic N) is 1. The smallest absolute Gasteiger partial charge is 0.418 e. The zero-order valence-corrected chi connectivity index (χ0v) is 11.1. The van der Waals surface area contributed by atoms with Gasteiger partial charge in [0, 0.05) is 6.20 Å². The molecule has 1 aromatic rings. The molecule has 112 valence electrons. The molecule has 1 rings (SSSR count). The first kappa shape index (κ1) is 16.1. The van der Waals surface area contributed by atoms with Crippen LogP contribution in [-0.2, 0) is 9.53 Å². The Labute approximate surface area is 113 Å². The third-order valence-electron chi connectivity index (χ3n) is 2.28. The Morgan fingerprint density at radius 1 is 1.35 bits per heavy atom. The summed E-state index contributed by atoms with van der Waals surface area (Å²) < 4.78 is 32.2. The van der Waals surface area contributed by atoms with Gasteiger partial charge < -0.3 is 14.9 Å². The van der Waals surface area contributed by atoms with Crippen LogP contribution in [-0.4, -0.2) is 38.4 Å². The van der Waals surface area contributed by atoms with Crippen molar-refractivity contribution in [1.82, 2.24) is 4.57 Å². The summed E-state index contributed by atoms with van der Waals surface area (Å²) in [5.41, 5.74) is -1.43. The van der Waals surface area contributed by atoms with Gasteiger partial charge in [-0.25, -0.2) is 9.59 Å². The number of aliphatic hydroxyl groups excluding tert-OH is 1. The van der Waals surface area contributed by atoms with Gasteiger partial charge in [0.1, 0.15) is 5.60 Å². The molecule has 1 heterocycles. The summed E-state index contributed by atoms with van der Waals surface area (Å²) in [4.78, 5) is 22.2. The summed E-state index contributed by atoms with van der Waals surface area (Å²) in [7, 11) is 0. The van der Waals surface area contributed by atoms with E-state index in [0.29, 0.717) is 4.57 Å². The van der Waals surface area contributed by atoms with E-state index in [4.69, 9.17) is 9.84 Å². The maximum absolute atomic E-state index is 13.3. The molecule has 0 fully saturated rings. The van der Waals surface area contributed by atoms with E-state index >= 15 is 0 Å². The van der Waals surface area contributed by atoms with Crippen molar-refractivity contribution in [3.8, 4) is 0 Å². The Morgan fingerprint density at radius 3 is 2.35 bits per heavy atom. The van der Waals surface area contributed by atoms with Gasteiger partial charge >= 0.3 is 18.0 Å². The Kier molecular flexibility index (Phi) is 4.18. The van der Waals surface area contributed by atoms with Gasteiger partial charge in [-0.05, 0) is 32.9 Å². The number of aromatic nitrogens is 1. The van der Waals surface area contributed by atoms with Crippen molar-refractivity contribution < 1.29 is 33.3 Å². The van der Waals surface area contributed by atoms with Gasteiger partial charge in [0.15, 0.2) is 6.10 Å². The van der Waals surface area contributed by atoms with Gasteiger partial charge in [0.05, 0.1) is 5.69 Å². The van der Waals surface area contributed by atoms with Gasteiger partial charge in [0.25, 0.3) is 0 Å². The normalized spacial score (nSPS) is 13.9. The van der Waals surface area contributed by atoms with E-state index in [-0.39, 0.29) is 0 Å². The predicted octanol–water partition coefficient (Wildman–Crippen LogP) is 2.02. The molecule has 0 bridgehead atoms. The number of alkyl halides is 2. The second kappa shape index (κ2) is 5.20. The third kappa shape index (κ3) is 3.32. The molecule has 8 heteroatoms. The molecule has 0 saturated heterocycles. The first-order valence-corrected chi connectivity index (χ1v) is 5.66. The highest BCUT2D eigenvalue weighted by atomic mass is 19.3. The summed E-state index contributed by atoms with van der Waals surface area (Å²) in [5.74, 6) is -6.90. The van der Waals surface area contributed by atoms with Crippen molar-refractivity contribution in [3.63, 3.8) is 0 Å². The summed E-state index contributed by atoms with van der Waals surface area (Å²) in [6.45, 7) is 4.74. The fraction of sp³-hybridized carbons (Fsp3) is 0.500. The van der Waals surface area contributed by atoms with Crippen LogP contribution in [0.25, 0.3) is 0 Å². The van der Waals surface area contributed by atoms with E-state index in [1.165, 1.54) is 6.07 Å². The highest BCUT2D eigenvalue weighted by Crippen LogP contribution is 2.32. The molecule has 1 atom stereocenters. The van der Waals surface area contributed by atoms with Gasteiger partial charge in [-0.3, -0.25) is 4.57 Å². The van der Waals surface area contributed by atoms with Crippen LogP contribution >= 0.6 is 0 Å². The second-order valence-electron chi connectivity index (χ2n) is 5.11. The highest BCUT2D eigenvalue weighted by molar-refractivity contribution is 5.77. The number of aliphatic hydroxyl groups is 1. The lowest BCUT2D eigenvalue weighted by molar-refractivity contribution is -0.183. The van der Waals surface area contributed by atoms with Crippen LogP contribution < -0.4 is 0 Å². The highest BCUT2D eigenvalue weighted by Gasteiger charge is 2.49. The molecular weight excluding hydrogens is 276 g/mol. The molecule has 2 N–H and O–H groups in total. The summed E-state index contributed by atoms with van der Waals surface area (Å²) >= 11 is 0. The lowest BCUT2D eigenvalue weighted by Crippen LogP contribution is -2.37. The number of ether oxygens (including phenoxy) is 1. The van der Waals surface area contributed by atoms with Crippen molar-refractivity contribution in [3.05, 3.63) is 24.0 Å². The minimum Gasteiger partial charge on any atom is -0.477 e. The molecule has 0 saturated carbocycles. The number of carboxylic acids is 1. The quantitative estimate of drug-likeness (QED) is 0.889. The molecule has 0 aromatic carbocycles. The number of rotatable bonds is 3. The topological polar surface area (TPSA) is 88.8 Å². The fourth-order valence-electron chi connectivity index (χ4n) is 1.40. The monoisotopic (exact) mass is 291 g/mol. The van der Waals surface area contributed by atoms with Gasteiger partial charge in [-0.2, -0.15) is 8.78 Å². The van der Waals surface area contributed by atoms with Crippen molar-refractivity contribution in [2.45, 2.75) is 38.4 Å². The van der Waals surface area contributed by atoms with E-state index in [1.807, 2.05) is 0 Å². The van der Waals surface area contributed by atoms with E-state index < -0.39 is 35.4 Å². The van der Waals surface area contributed by atoms with E-state index in [2.05, 4.69) is 0 Å². The SMILES string of the molecule is CC(C)(C)OC(=O)n1cccc1C(O)C(F)(F)C(=O)O. The summed E-state index contributed by atoms with van der Waals surface area (Å²) in [6.07, 6.45) is -2.55. The standard InChI is InChI=1S/C12H15F2NO5/c1-11(2,3)20-10(19)15-6-4-5-7(15)8(16)12(13,14)9(17)18/h4-6,8,16H,1-3H3,(H,17,18). The molecule has 20 heavy (non-hydrogen) atoms. The van der Waals surface area contributed by atoms with Crippen molar-refractivity contribution >= 4 is 12.1 Å². The van der Waals surface area contributed by atoms with Crippen LogP contribution in [0.5, 0.6) is 0 Å². The van der Waals surface area contributed by atoms with E-state index in [1.54, 1.807) is 20.8 Å². The fourth-order valence-corrected chi connectivity index (χ4v) is 1.40. The first-order chi connectivity index (χ1) is 8.97. The van der Waals surface area contributed by atoms with Crippen LogP contribution in [0.2, 0.25) is 0 Å². The van der Waals surface area contributed by atoms with Crippen molar-refractivity contribution in [2.24, 2.45) is 0 Å². The van der Waals surface area contributed by atoms with Crippen LogP contribution in [0, 0.1) is 0 Å². The van der Waals surface area contributed by atoms with E-state index in [9.17, 15) is 23.5 Å². The molecule has 1 unspecified atom stereocenters. The number of aliphatic carboxylic acids is 1. The van der Waals surface area contributed by atoms with Crippen LogP contribution in [0.4, 0.5) is 13.6 Å². The number of carboxylic acid groups (broad SMARTS) is 1. The predicted molar refractivity (Wildman–Crippen MR) is 63.6 cm³/mol. The zero-order chi connectivity index (χ0) is 15.7. The Balaban J connectivity index is 3.09. The number of carbonyl (C=O) groups excluding carboxylic acids is 1. The van der Waals surface area contributed by atoms with Crippen molar-refractivity contribution in [1.29, 1.82) is 0 Å². The molecule has 0 aliphatic rings. The number of hydrogen-bond donors (Lipinski definition) is 2. The van der Waals surface area contributed by atoms with Gasteiger partial charge in [-0.1, -0.05) is 0 Å². The van der Waals surface area contributed by atoms with E-state index in [0.717, 1.165) is 12.3 Å². The summed E-state index contributed by atoms with van der Waals surface area (Å²) in [6, 6.07) is 2.24. The number of hydrogen-bond acceptors (Lipinski definition) is 4. The zero-order valence-electron chi connectivity index (χ0n) is 11.1. The lowest BCUT2D eigenvalue weighted by Gasteiger charge is -2.23. The maximum atomic E-state index is 13.3. The molecular formula is C12H15F2NO5. The first-order valence-electron chi connectivity index (χ1n) is 5.66. The molecule has 0 aliphatic carbocycles. The average molecular weight is 291 g/mol. The lowest BCUT2D eigenvalue weighted by atomic mass is 10.1. The minimum absolute atomic E-state index is 0.563. The largest absolute Gasteiger partial charge is 0.477 e. The van der Waals surface area contributed by atoms with Crippen molar-refractivity contribution in [2.75, 3.05) is 0 Å². The summed E-state index contributed by atoms with van der Waals surface area (Å²) in [5, 5.41) is 17.9. The van der Waals surface area contributed by atoms with Crippen LogP contribution in [0.3, 0.4) is 0 Å². The van der Waals surface area contributed by atoms with Gasteiger partial charge in [0.2, 0.25) is 0 Å². The molecule has 0 radical (unpaired) electrons. The van der Waals surface area contributed by atoms with Crippen LogP contribution in [0.1, 0.15) is 32.6 Å². The average Bonchev–Trinajstić information content (AvgIpc) is 2.73. The molecule has 6 nitrogen and oxygen atoms in total. The second-order valence-corrected chi connectivity index (χ2v) is 5.11. The molecule has 0 amide bonds. The Bertz CT molecular complexity index is 518. The third-order valence-corrected chi connectivity index (χ3v) is 2.28. The Morgan fingerprint density at radius 2 is 1.90 bits per heavy atom. The Hall–Kier alpha value is -1.96. The maximum Gasteiger partial charge on any atom is 0.418 e.